The van der Waals surface area contributed by atoms with Crippen LogP contribution in [0.4, 0.5) is 0 Å². The minimum absolute atomic E-state index is 0.323. The zero-order valence-electron chi connectivity index (χ0n) is 11.4. The molecule has 0 aliphatic carbocycles. The predicted octanol–water partition coefficient (Wildman–Crippen LogP) is 4.68. The lowest BCUT2D eigenvalue weighted by atomic mass is 10.2. The lowest BCUT2D eigenvalue weighted by molar-refractivity contribution is -0.128. The minimum atomic E-state index is -0.515. The number of ether oxygens (including phenoxy) is 1. The molecule has 5 heteroatoms. The van der Waals surface area contributed by atoms with Crippen molar-refractivity contribution in [1.82, 2.24) is 0 Å². The summed E-state index contributed by atoms with van der Waals surface area (Å²) in [6.07, 6.45) is 3.17. The molecule has 0 aromatic heterocycles. The average Bonchev–Trinajstić information content (AvgIpc) is 2.49. The van der Waals surface area contributed by atoms with Crippen molar-refractivity contribution in [3.63, 3.8) is 0 Å². The van der Waals surface area contributed by atoms with Crippen LogP contribution in [-0.2, 0) is 11.2 Å². The molecule has 0 amide bonds. The lowest BCUT2D eigenvalue weighted by Crippen LogP contribution is -2.03. The van der Waals surface area contributed by atoms with Crippen molar-refractivity contribution in [2.45, 2.75) is 6.42 Å². The van der Waals surface area contributed by atoms with Gasteiger partial charge in [0.2, 0.25) is 0 Å². The van der Waals surface area contributed by atoms with Crippen LogP contribution in [-0.4, -0.2) is 5.97 Å². The van der Waals surface area contributed by atoms with Crippen LogP contribution in [0, 0.1) is 11.3 Å². The number of nitriles is 1. The summed E-state index contributed by atoms with van der Waals surface area (Å²) in [4.78, 5) is 11.7. The third-order valence-electron chi connectivity index (χ3n) is 2.79. The van der Waals surface area contributed by atoms with E-state index in [1.165, 1.54) is 6.08 Å². The Kier molecular flexibility index (Phi) is 5.60. The second kappa shape index (κ2) is 7.65. The maximum absolute atomic E-state index is 11.7. The highest BCUT2D eigenvalue weighted by molar-refractivity contribution is 6.35. The van der Waals surface area contributed by atoms with Gasteiger partial charge in [-0.3, -0.25) is 0 Å². The standard InChI is InChI=1S/C17H11Cl2NO2/c18-14-5-3-13(16(19)11-14)4-8-17(21)22-15-6-1-12(2-7-15)9-10-20/h1-8,11H,9H2/b8-4+. The number of nitrogens with zero attached hydrogens (tertiary/aromatic N) is 1. The first kappa shape index (κ1) is 16.1. The van der Waals surface area contributed by atoms with Crippen molar-refractivity contribution in [3.8, 4) is 11.8 Å². The van der Waals surface area contributed by atoms with Gasteiger partial charge in [0.15, 0.2) is 0 Å². The predicted molar refractivity (Wildman–Crippen MR) is 86.9 cm³/mol. The summed E-state index contributed by atoms with van der Waals surface area (Å²) in [7, 11) is 0. The van der Waals surface area contributed by atoms with Gasteiger partial charge in [-0.15, -0.1) is 0 Å². The number of halogens is 2. The van der Waals surface area contributed by atoms with Crippen molar-refractivity contribution >= 4 is 35.2 Å². The normalized spacial score (nSPS) is 10.4. The smallest absolute Gasteiger partial charge is 0.336 e. The van der Waals surface area contributed by atoms with Gasteiger partial charge in [0, 0.05) is 16.1 Å². The molecular formula is C17H11Cl2NO2. The fourth-order valence-electron chi connectivity index (χ4n) is 1.71. The van der Waals surface area contributed by atoms with Gasteiger partial charge >= 0.3 is 5.97 Å². The molecule has 0 saturated heterocycles. The molecule has 0 aliphatic heterocycles. The third kappa shape index (κ3) is 4.63. The first-order valence-corrected chi connectivity index (χ1v) is 7.15. The molecule has 0 aliphatic rings. The Morgan fingerprint density at radius 1 is 1.18 bits per heavy atom. The third-order valence-corrected chi connectivity index (χ3v) is 3.35. The van der Waals surface area contributed by atoms with Gasteiger partial charge in [-0.25, -0.2) is 4.79 Å². The van der Waals surface area contributed by atoms with E-state index < -0.39 is 5.97 Å². The zero-order chi connectivity index (χ0) is 15.9. The SMILES string of the molecule is N#CCc1ccc(OC(=O)/C=C/c2ccc(Cl)cc2Cl)cc1. The van der Waals surface area contributed by atoms with Crippen LogP contribution in [0.5, 0.6) is 5.75 Å². The molecule has 0 spiro atoms. The van der Waals surface area contributed by atoms with Crippen molar-refractivity contribution in [1.29, 1.82) is 5.26 Å². The Balaban J connectivity index is 2.00. The number of carbonyl (C=O) groups is 1. The molecule has 3 nitrogen and oxygen atoms in total. The summed E-state index contributed by atoms with van der Waals surface area (Å²) in [6, 6.07) is 13.8. The number of benzene rings is 2. The Labute approximate surface area is 138 Å². The maximum Gasteiger partial charge on any atom is 0.336 e. The van der Waals surface area contributed by atoms with Crippen LogP contribution in [0.1, 0.15) is 11.1 Å². The van der Waals surface area contributed by atoms with Gasteiger partial charge in [0.1, 0.15) is 5.75 Å². The molecule has 0 fully saturated rings. The first-order chi connectivity index (χ1) is 10.6. The monoisotopic (exact) mass is 331 g/mol. The van der Waals surface area contributed by atoms with E-state index >= 15 is 0 Å². The van der Waals surface area contributed by atoms with Gasteiger partial charge in [-0.05, 0) is 41.5 Å². The highest BCUT2D eigenvalue weighted by atomic mass is 35.5. The highest BCUT2D eigenvalue weighted by Crippen LogP contribution is 2.22. The Morgan fingerprint density at radius 3 is 2.55 bits per heavy atom. The van der Waals surface area contributed by atoms with E-state index in [-0.39, 0.29) is 0 Å². The number of carbonyl (C=O) groups excluding carboxylic acids is 1. The Morgan fingerprint density at radius 2 is 1.91 bits per heavy atom. The van der Waals surface area contributed by atoms with Crippen LogP contribution in [0.3, 0.4) is 0 Å². The summed E-state index contributed by atoms with van der Waals surface area (Å²) in [5, 5.41) is 9.57. The fraction of sp³-hybridized carbons (Fsp3) is 0.0588. The average molecular weight is 332 g/mol. The van der Waals surface area contributed by atoms with Crippen molar-refractivity contribution in [2.24, 2.45) is 0 Å². The number of esters is 1. The van der Waals surface area contributed by atoms with Gasteiger partial charge in [-0.1, -0.05) is 41.4 Å². The molecular weight excluding hydrogens is 321 g/mol. The topological polar surface area (TPSA) is 50.1 Å². The minimum Gasteiger partial charge on any atom is -0.423 e. The fourth-order valence-corrected chi connectivity index (χ4v) is 2.18. The van der Waals surface area contributed by atoms with E-state index in [0.29, 0.717) is 27.8 Å². The second-order valence-corrected chi connectivity index (χ2v) is 5.24. The second-order valence-electron chi connectivity index (χ2n) is 4.40. The first-order valence-electron chi connectivity index (χ1n) is 6.39. The number of hydrogen-bond donors (Lipinski definition) is 0. The zero-order valence-corrected chi connectivity index (χ0v) is 12.9. The Bertz CT molecular complexity index is 746. The summed E-state index contributed by atoms with van der Waals surface area (Å²) in [5.74, 6) is -0.0995. The van der Waals surface area contributed by atoms with E-state index in [9.17, 15) is 4.79 Å². The molecule has 0 saturated carbocycles. The van der Waals surface area contributed by atoms with Gasteiger partial charge < -0.3 is 4.74 Å². The van der Waals surface area contributed by atoms with E-state index in [2.05, 4.69) is 6.07 Å². The molecule has 0 radical (unpaired) electrons. The molecule has 110 valence electrons. The van der Waals surface area contributed by atoms with Crippen LogP contribution in [0.2, 0.25) is 10.0 Å². The molecule has 22 heavy (non-hydrogen) atoms. The maximum atomic E-state index is 11.7. The molecule has 0 bridgehead atoms. The van der Waals surface area contributed by atoms with Crippen molar-refractivity contribution in [2.75, 3.05) is 0 Å². The molecule has 0 unspecified atom stereocenters. The lowest BCUT2D eigenvalue weighted by Gasteiger charge is -2.02. The number of hydrogen-bond acceptors (Lipinski definition) is 3. The largest absolute Gasteiger partial charge is 0.423 e. The van der Waals surface area contributed by atoms with Crippen molar-refractivity contribution < 1.29 is 9.53 Å². The van der Waals surface area contributed by atoms with Crippen molar-refractivity contribution in [3.05, 3.63) is 69.7 Å². The summed E-state index contributed by atoms with van der Waals surface area (Å²) >= 11 is 11.8. The molecule has 2 aromatic carbocycles. The summed E-state index contributed by atoms with van der Waals surface area (Å²) in [5.41, 5.74) is 1.54. The van der Waals surface area contributed by atoms with Crippen LogP contribution in [0.25, 0.3) is 6.08 Å². The Hall–Kier alpha value is -2.28. The molecule has 2 aromatic rings. The van der Waals surface area contributed by atoms with Crippen LogP contribution in [0.15, 0.2) is 48.5 Å². The quantitative estimate of drug-likeness (QED) is 0.464. The summed E-state index contributed by atoms with van der Waals surface area (Å²) in [6.45, 7) is 0. The van der Waals surface area contributed by atoms with Gasteiger partial charge in [0.05, 0.1) is 12.5 Å². The van der Waals surface area contributed by atoms with E-state index in [0.717, 1.165) is 5.56 Å². The van der Waals surface area contributed by atoms with E-state index in [4.69, 9.17) is 33.2 Å². The van der Waals surface area contributed by atoms with E-state index in [1.807, 2.05) is 0 Å². The molecule has 0 N–H and O–H groups in total. The van der Waals surface area contributed by atoms with Gasteiger partial charge in [0.25, 0.3) is 0 Å². The van der Waals surface area contributed by atoms with Crippen LogP contribution >= 0.6 is 23.2 Å². The number of rotatable bonds is 4. The highest BCUT2D eigenvalue weighted by Gasteiger charge is 2.02. The van der Waals surface area contributed by atoms with Gasteiger partial charge in [-0.2, -0.15) is 5.26 Å². The van der Waals surface area contributed by atoms with Crippen LogP contribution < -0.4 is 4.74 Å². The summed E-state index contributed by atoms with van der Waals surface area (Å²) < 4.78 is 5.16. The molecule has 0 heterocycles. The molecule has 0 atom stereocenters. The van der Waals surface area contributed by atoms with E-state index in [1.54, 1.807) is 48.5 Å². The molecule has 2 rings (SSSR count).